The third-order valence-corrected chi connectivity index (χ3v) is 8.81. The summed E-state index contributed by atoms with van der Waals surface area (Å²) in [4.78, 5) is 24.8. The monoisotopic (exact) mass is 782 g/mol. The second-order valence-corrected chi connectivity index (χ2v) is 12.7. The van der Waals surface area contributed by atoms with Gasteiger partial charge in [-0.15, -0.1) is 10.2 Å². The minimum Gasteiger partial charge on any atom is -0.435 e. The standard InChI is InChI=1S/C20H19F2N5O3.C19H18FN5O2/c21-20(22)30-16-7-5-15(6-8-16)27-12-17(25-26-27)19(28)24-14-3-1-13(2-4-14)18-11-23-9-10-29-18;20-14-3-7-16(8-4-14)25-12-17(23-24-25)19(26)22-15-5-1-13(2-6-15)18-11-21-9-10-27-18/h1-8,12,18,20,23H,9-11H2,(H,24,28);1-8,12,18,21H,9-11H2,(H,22,26)/t2*18-/m11/s1. The van der Waals surface area contributed by atoms with Crippen molar-refractivity contribution in [2.45, 2.75) is 18.8 Å². The van der Waals surface area contributed by atoms with Crippen LogP contribution < -0.4 is 26.0 Å². The van der Waals surface area contributed by atoms with E-state index in [1.54, 1.807) is 24.3 Å². The van der Waals surface area contributed by atoms with Gasteiger partial charge in [0.05, 0.1) is 49.2 Å². The number of benzene rings is 4. The number of alkyl halides is 2. The molecule has 0 radical (unpaired) electrons. The highest BCUT2D eigenvalue weighted by Gasteiger charge is 2.18. The van der Waals surface area contributed by atoms with Crippen molar-refractivity contribution in [1.82, 2.24) is 40.6 Å². The van der Waals surface area contributed by atoms with Crippen LogP contribution in [0.15, 0.2) is 109 Å². The maximum absolute atomic E-state index is 13.0. The molecule has 2 aromatic heterocycles. The smallest absolute Gasteiger partial charge is 0.387 e. The summed E-state index contributed by atoms with van der Waals surface area (Å²) in [6.45, 7) is 1.71. The Morgan fingerprint density at radius 2 is 1.11 bits per heavy atom. The molecule has 4 N–H and O–H groups in total. The van der Waals surface area contributed by atoms with Crippen LogP contribution in [0.2, 0.25) is 0 Å². The number of anilines is 2. The number of nitrogens with zero attached hydrogens (tertiary/aromatic N) is 6. The van der Waals surface area contributed by atoms with Gasteiger partial charge in [0.1, 0.15) is 11.6 Å². The predicted octanol–water partition coefficient (Wildman–Crippen LogP) is 5.10. The van der Waals surface area contributed by atoms with Gasteiger partial charge in [0.25, 0.3) is 11.8 Å². The first-order valence-electron chi connectivity index (χ1n) is 17.9. The minimum atomic E-state index is -2.89. The molecule has 0 spiro atoms. The Bertz CT molecular complexity index is 2220. The molecular formula is C39H37F3N10O5. The van der Waals surface area contributed by atoms with Gasteiger partial charge in [-0.1, -0.05) is 34.7 Å². The van der Waals surface area contributed by atoms with Crippen LogP contribution in [0.25, 0.3) is 11.4 Å². The van der Waals surface area contributed by atoms with Crippen LogP contribution in [0.1, 0.15) is 44.3 Å². The molecule has 0 saturated carbocycles. The Labute approximate surface area is 324 Å². The van der Waals surface area contributed by atoms with Crippen LogP contribution in [0.5, 0.6) is 5.75 Å². The lowest BCUT2D eigenvalue weighted by Gasteiger charge is -2.24. The Kier molecular flexibility index (Phi) is 12.6. The fourth-order valence-electron chi connectivity index (χ4n) is 5.87. The molecule has 0 unspecified atom stereocenters. The summed E-state index contributed by atoms with van der Waals surface area (Å²) in [6, 6.07) is 26.6. The van der Waals surface area contributed by atoms with E-state index >= 15 is 0 Å². The van der Waals surface area contributed by atoms with Crippen molar-refractivity contribution in [3.05, 3.63) is 138 Å². The van der Waals surface area contributed by atoms with Crippen molar-refractivity contribution in [1.29, 1.82) is 0 Å². The van der Waals surface area contributed by atoms with Crippen molar-refractivity contribution in [3.63, 3.8) is 0 Å². The van der Waals surface area contributed by atoms with Crippen molar-refractivity contribution in [2.75, 3.05) is 50.0 Å². The van der Waals surface area contributed by atoms with Crippen LogP contribution in [-0.4, -0.2) is 87.8 Å². The number of hydrogen-bond acceptors (Lipinski definition) is 11. The van der Waals surface area contributed by atoms with Gasteiger partial charge < -0.3 is 35.5 Å². The maximum Gasteiger partial charge on any atom is 0.387 e. The quantitative estimate of drug-likeness (QED) is 0.146. The lowest BCUT2D eigenvalue weighted by atomic mass is 10.1. The zero-order valence-corrected chi connectivity index (χ0v) is 30.2. The summed E-state index contributed by atoms with van der Waals surface area (Å²) >= 11 is 0. The number of halogens is 3. The summed E-state index contributed by atoms with van der Waals surface area (Å²) in [7, 11) is 0. The van der Waals surface area contributed by atoms with Crippen LogP contribution >= 0.6 is 0 Å². The van der Waals surface area contributed by atoms with Crippen molar-refractivity contribution in [3.8, 4) is 17.1 Å². The topological polar surface area (TPSA) is 171 Å². The Hall–Kier alpha value is -6.47. The zero-order valence-electron chi connectivity index (χ0n) is 30.2. The third-order valence-electron chi connectivity index (χ3n) is 8.81. The molecule has 2 saturated heterocycles. The van der Waals surface area contributed by atoms with E-state index in [2.05, 4.69) is 46.6 Å². The fourth-order valence-corrected chi connectivity index (χ4v) is 5.87. The van der Waals surface area contributed by atoms with Gasteiger partial charge in [0.2, 0.25) is 0 Å². The summed E-state index contributed by atoms with van der Waals surface area (Å²) in [5, 5.41) is 27.7. The Balaban J connectivity index is 0.000000175. The van der Waals surface area contributed by atoms with Crippen molar-refractivity contribution in [2.24, 2.45) is 0 Å². The van der Waals surface area contributed by atoms with Crippen molar-refractivity contribution < 1.29 is 37.0 Å². The zero-order chi connectivity index (χ0) is 39.6. The fraction of sp³-hybridized carbons (Fsp3) is 0.231. The molecule has 2 aliphatic rings. The molecule has 0 bridgehead atoms. The summed E-state index contributed by atoms with van der Waals surface area (Å²) < 4.78 is 56.0. The predicted molar refractivity (Wildman–Crippen MR) is 201 cm³/mol. The van der Waals surface area contributed by atoms with E-state index in [0.717, 1.165) is 37.3 Å². The number of morpholine rings is 2. The number of ether oxygens (including phenoxy) is 3. The normalized spacial score (nSPS) is 16.6. The highest BCUT2D eigenvalue weighted by molar-refractivity contribution is 6.03. The highest BCUT2D eigenvalue weighted by atomic mass is 19.3. The van der Waals surface area contributed by atoms with E-state index in [0.29, 0.717) is 36.0 Å². The van der Waals surface area contributed by atoms with Gasteiger partial charge in [-0.2, -0.15) is 8.78 Å². The van der Waals surface area contributed by atoms with E-state index in [1.807, 2.05) is 36.4 Å². The van der Waals surface area contributed by atoms with E-state index < -0.39 is 12.5 Å². The summed E-state index contributed by atoms with van der Waals surface area (Å²) in [5.41, 5.74) is 4.82. The molecule has 2 atom stereocenters. The Morgan fingerprint density at radius 3 is 1.51 bits per heavy atom. The van der Waals surface area contributed by atoms with E-state index in [4.69, 9.17) is 9.47 Å². The number of carbonyl (C=O) groups excluding carboxylic acids is 2. The van der Waals surface area contributed by atoms with Crippen LogP contribution in [0, 0.1) is 5.82 Å². The van der Waals surface area contributed by atoms with E-state index in [9.17, 15) is 22.8 Å². The summed E-state index contributed by atoms with van der Waals surface area (Å²) in [5.74, 6) is -1.09. The third kappa shape index (κ3) is 10.4. The van der Waals surface area contributed by atoms with Gasteiger partial charge in [-0.05, 0) is 83.9 Å². The highest BCUT2D eigenvalue weighted by Crippen LogP contribution is 2.23. The average Bonchev–Trinajstić information content (AvgIpc) is 3.95. The molecule has 2 aliphatic heterocycles. The number of aromatic nitrogens is 6. The van der Waals surface area contributed by atoms with Crippen LogP contribution in [-0.2, 0) is 9.47 Å². The number of amides is 2. The van der Waals surface area contributed by atoms with Gasteiger partial charge >= 0.3 is 6.61 Å². The molecule has 2 amide bonds. The molecule has 4 aromatic carbocycles. The molecule has 4 heterocycles. The molecule has 294 valence electrons. The Morgan fingerprint density at radius 1 is 0.667 bits per heavy atom. The number of carbonyl (C=O) groups is 2. The first-order chi connectivity index (χ1) is 27.8. The first-order valence-corrected chi connectivity index (χ1v) is 17.9. The molecule has 6 aromatic rings. The summed E-state index contributed by atoms with van der Waals surface area (Å²) in [6.07, 6.45) is 2.98. The lowest BCUT2D eigenvalue weighted by Crippen LogP contribution is -2.33. The average molecular weight is 783 g/mol. The van der Waals surface area contributed by atoms with Crippen LogP contribution in [0.4, 0.5) is 24.5 Å². The molecule has 8 rings (SSSR count). The van der Waals surface area contributed by atoms with Crippen molar-refractivity contribution >= 4 is 23.2 Å². The molecule has 2 fully saturated rings. The number of hydrogen-bond donors (Lipinski definition) is 4. The van der Waals surface area contributed by atoms with E-state index in [1.165, 1.54) is 58.2 Å². The largest absolute Gasteiger partial charge is 0.435 e. The molecule has 0 aliphatic carbocycles. The minimum absolute atomic E-state index is 0.000817. The van der Waals surface area contributed by atoms with E-state index in [-0.39, 0.29) is 41.1 Å². The van der Waals surface area contributed by atoms with Gasteiger partial charge in [0, 0.05) is 37.6 Å². The molecule has 15 nitrogen and oxygen atoms in total. The van der Waals surface area contributed by atoms with Gasteiger partial charge in [-0.25, -0.2) is 13.8 Å². The first kappa shape index (κ1) is 38.8. The molecule has 57 heavy (non-hydrogen) atoms. The van der Waals surface area contributed by atoms with Crippen LogP contribution in [0.3, 0.4) is 0 Å². The lowest BCUT2D eigenvalue weighted by molar-refractivity contribution is -0.0498. The number of rotatable bonds is 10. The second kappa shape index (κ2) is 18.4. The van der Waals surface area contributed by atoms with Gasteiger partial charge in [-0.3, -0.25) is 9.59 Å². The second-order valence-electron chi connectivity index (χ2n) is 12.7. The van der Waals surface area contributed by atoms with Gasteiger partial charge in [0.15, 0.2) is 11.4 Å². The molecular weight excluding hydrogens is 745 g/mol. The molecule has 18 heteroatoms. The SMILES string of the molecule is O=C(Nc1ccc([C@H]2CNCCO2)cc1)c1cn(-c2ccc(F)cc2)nn1.O=C(Nc1ccc([C@H]2CNCCO2)cc1)c1cn(-c2ccc(OC(F)F)cc2)nn1. The number of nitrogens with one attached hydrogen (secondary N) is 4. The maximum atomic E-state index is 13.0.